The second-order valence-electron chi connectivity index (χ2n) is 2.41. The van der Waals surface area contributed by atoms with E-state index in [9.17, 15) is 4.39 Å². The maximum atomic E-state index is 12.6. The molecule has 0 saturated heterocycles. The molecule has 0 aromatic heterocycles. The highest BCUT2D eigenvalue weighted by Crippen LogP contribution is 2.15. The van der Waals surface area contributed by atoms with Crippen LogP contribution in [0, 0.1) is 12.7 Å². The molecule has 2 N–H and O–H groups in total. The third kappa shape index (κ3) is 2.52. The van der Waals surface area contributed by atoms with E-state index >= 15 is 0 Å². The summed E-state index contributed by atoms with van der Waals surface area (Å²) in [6.07, 6.45) is 0. The first-order valence-electron chi connectivity index (χ1n) is 3.38. The fourth-order valence-electron chi connectivity index (χ4n) is 0.893. The van der Waals surface area contributed by atoms with Crippen LogP contribution >= 0.6 is 0 Å². The summed E-state index contributed by atoms with van der Waals surface area (Å²) in [7, 11) is -1.91. The van der Waals surface area contributed by atoms with Gasteiger partial charge in [0.1, 0.15) is 11.6 Å². The predicted octanol–water partition coefficient (Wildman–Crippen LogP) is 0.482. The molecule has 12 heavy (non-hydrogen) atoms. The van der Waals surface area contributed by atoms with Crippen molar-refractivity contribution < 1.29 is 19.1 Å². The van der Waals surface area contributed by atoms with E-state index in [1.807, 2.05) is 0 Å². The lowest BCUT2D eigenvalue weighted by molar-refractivity contribution is 0.287. The van der Waals surface area contributed by atoms with E-state index in [0.717, 1.165) is 6.07 Å². The van der Waals surface area contributed by atoms with Gasteiger partial charge in [-0.05, 0) is 24.6 Å². The van der Waals surface area contributed by atoms with Crippen LogP contribution in [0.15, 0.2) is 18.2 Å². The van der Waals surface area contributed by atoms with E-state index < -0.39 is 13.1 Å². The highest BCUT2D eigenvalue weighted by molar-refractivity contribution is 6.33. The van der Waals surface area contributed by atoms with Gasteiger partial charge in [-0.1, -0.05) is 0 Å². The van der Waals surface area contributed by atoms with Crippen LogP contribution in [0.5, 0.6) is 5.75 Å². The minimum absolute atomic E-state index is 0.0995. The Kier molecular flexibility index (Phi) is 2.67. The Balaban J connectivity index is 2.85. The first-order valence-corrected chi connectivity index (χ1v) is 3.38. The van der Waals surface area contributed by atoms with Gasteiger partial charge in [-0.2, -0.15) is 0 Å². The van der Waals surface area contributed by atoms with Gasteiger partial charge in [0, 0.05) is 6.07 Å². The van der Waals surface area contributed by atoms with Crippen LogP contribution in [-0.2, 0) is 0 Å². The lowest BCUT2D eigenvalue weighted by Crippen LogP contribution is -2.20. The molecule has 0 unspecified atom stereocenters. The molecule has 0 spiro atoms. The Labute approximate surface area is 69.6 Å². The number of halogens is 1. The van der Waals surface area contributed by atoms with Gasteiger partial charge < -0.3 is 14.7 Å². The molecule has 0 aliphatic heterocycles. The van der Waals surface area contributed by atoms with E-state index in [2.05, 4.69) is 4.65 Å². The molecule has 0 fully saturated rings. The summed E-state index contributed by atoms with van der Waals surface area (Å²) in [5.41, 5.74) is 0.658. The van der Waals surface area contributed by atoms with Crippen molar-refractivity contribution in [1.82, 2.24) is 0 Å². The van der Waals surface area contributed by atoms with Crippen LogP contribution in [0.1, 0.15) is 5.56 Å². The Bertz CT molecular complexity index is 257. The van der Waals surface area contributed by atoms with Crippen molar-refractivity contribution in [3.63, 3.8) is 0 Å². The Hall–Kier alpha value is -1.07. The highest BCUT2D eigenvalue weighted by atomic mass is 19.1. The summed E-state index contributed by atoms with van der Waals surface area (Å²) in [4.78, 5) is 0. The normalized spacial score (nSPS) is 9.67. The van der Waals surface area contributed by atoms with E-state index in [-0.39, 0.29) is 5.75 Å². The quantitative estimate of drug-likeness (QED) is 0.634. The second-order valence-corrected chi connectivity index (χ2v) is 2.41. The van der Waals surface area contributed by atoms with E-state index in [1.165, 1.54) is 12.1 Å². The number of hydrogen-bond acceptors (Lipinski definition) is 3. The van der Waals surface area contributed by atoms with Crippen LogP contribution in [0.25, 0.3) is 0 Å². The third-order valence-electron chi connectivity index (χ3n) is 1.26. The first kappa shape index (κ1) is 9.03. The van der Waals surface area contributed by atoms with Crippen molar-refractivity contribution in [1.29, 1.82) is 0 Å². The molecule has 0 aliphatic carbocycles. The zero-order chi connectivity index (χ0) is 9.14. The Morgan fingerprint density at radius 3 is 2.50 bits per heavy atom. The number of rotatable bonds is 2. The average molecular weight is 170 g/mol. The standard InChI is InChI=1S/C7H8BFO3/c1-5-2-6(9)4-7(3-5)12-8(10)11/h2-4,10-11H,1H3. The van der Waals surface area contributed by atoms with Crippen molar-refractivity contribution in [2.75, 3.05) is 0 Å². The van der Waals surface area contributed by atoms with Gasteiger partial charge in [0.15, 0.2) is 0 Å². The van der Waals surface area contributed by atoms with Crippen LogP contribution in [-0.4, -0.2) is 17.4 Å². The zero-order valence-corrected chi connectivity index (χ0v) is 6.49. The SMILES string of the molecule is Cc1cc(F)cc(OB(O)O)c1. The summed E-state index contributed by atoms with van der Waals surface area (Å²) in [6, 6.07) is 3.89. The van der Waals surface area contributed by atoms with Gasteiger partial charge in [0.2, 0.25) is 0 Å². The smallest absolute Gasteiger partial charge is 0.512 e. The van der Waals surface area contributed by atoms with E-state index in [4.69, 9.17) is 10.0 Å². The van der Waals surface area contributed by atoms with Crippen molar-refractivity contribution in [3.05, 3.63) is 29.6 Å². The Morgan fingerprint density at radius 1 is 1.33 bits per heavy atom. The van der Waals surface area contributed by atoms with Gasteiger partial charge in [-0.3, -0.25) is 0 Å². The number of aryl methyl sites for hydroxylation is 1. The van der Waals surface area contributed by atoms with Crippen LogP contribution in [0.4, 0.5) is 4.39 Å². The molecule has 0 atom stereocenters. The maximum Gasteiger partial charge on any atom is 0.707 e. The van der Waals surface area contributed by atoms with Crippen molar-refractivity contribution in [3.8, 4) is 5.75 Å². The molecule has 0 radical (unpaired) electrons. The molecule has 3 nitrogen and oxygen atoms in total. The molecule has 0 heterocycles. The van der Waals surface area contributed by atoms with Gasteiger partial charge in [0.25, 0.3) is 0 Å². The fraction of sp³-hybridized carbons (Fsp3) is 0.143. The van der Waals surface area contributed by atoms with Crippen LogP contribution in [0.2, 0.25) is 0 Å². The monoisotopic (exact) mass is 170 g/mol. The molecule has 0 saturated carbocycles. The first-order chi connectivity index (χ1) is 5.58. The topological polar surface area (TPSA) is 49.7 Å². The summed E-state index contributed by atoms with van der Waals surface area (Å²) in [5.74, 6) is -0.367. The van der Waals surface area contributed by atoms with Crippen LogP contribution in [0.3, 0.4) is 0 Å². The van der Waals surface area contributed by atoms with Gasteiger partial charge >= 0.3 is 7.32 Å². The molecular weight excluding hydrogens is 162 g/mol. The molecule has 0 amide bonds. The Morgan fingerprint density at radius 2 is 2.00 bits per heavy atom. The van der Waals surface area contributed by atoms with E-state index in [0.29, 0.717) is 5.56 Å². The third-order valence-corrected chi connectivity index (χ3v) is 1.26. The predicted molar refractivity (Wildman–Crippen MR) is 42.0 cm³/mol. The van der Waals surface area contributed by atoms with Gasteiger partial charge in [0.05, 0.1) is 0 Å². The van der Waals surface area contributed by atoms with Crippen molar-refractivity contribution in [2.24, 2.45) is 0 Å². The lowest BCUT2D eigenvalue weighted by atomic mass is 10.2. The summed E-state index contributed by atoms with van der Waals surface area (Å²) in [5, 5.41) is 16.8. The lowest BCUT2D eigenvalue weighted by Gasteiger charge is -2.04. The zero-order valence-electron chi connectivity index (χ0n) is 6.49. The molecule has 1 aromatic rings. The summed E-state index contributed by atoms with van der Waals surface area (Å²) >= 11 is 0. The van der Waals surface area contributed by atoms with Gasteiger partial charge in [-0.25, -0.2) is 4.39 Å². The summed E-state index contributed by atoms with van der Waals surface area (Å²) in [6.45, 7) is 1.68. The molecule has 0 aliphatic rings. The number of hydrogen-bond donors (Lipinski definition) is 2. The number of benzene rings is 1. The minimum atomic E-state index is -1.91. The molecule has 64 valence electrons. The van der Waals surface area contributed by atoms with Crippen molar-refractivity contribution >= 4 is 7.32 Å². The van der Waals surface area contributed by atoms with E-state index in [1.54, 1.807) is 6.92 Å². The molecular formula is C7H8BFO3. The highest BCUT2D eigenvalue weighted by Gasteiger charge is 2.11. The largest absolute Gasteiger partial charge is 0.707 e. The maximum absolute atomic E-state index is 12.6. The molecule has 5 heteroatoms. The summed E-state index contributed by atoms with van der Waals surface area (Å²) < 4.78 is 17.1. The minimum Gasteiger partial charge on any atom is -0.512 e. The molecule has 1 aromatic carbocycles. The van der Waals surface area contributed by atoms with Gasteiger partial charge in [-0.15, -0.1) is 0 Å². The van der Waals surface area contributed by atoms with Crippen molar-refractivity contribution in [2.45, 2.75) is 6.92 Å². The fourth-order valence-corrected chi connectivity index (χ4v) is 0.893. The van der Waals surface area contributed by atoms with Crippen LogP contribution < -0.4 is 4.65 Å². The molecule has 1 rings (SSSR count). The molecule has 0 bridgehead atoms. The second kappa shape index (κ2) is 3.56. The average Bonchev–Trinajstić information content (AvgIpc) is 1.81.